The fraction of sp³-hybridized carbons (Fsp3) is 0.333. The molecule has 0 fully saturated rings. The molecule has 0 aromatic heterocycles. The number of aliphatic hydroxyl groups excluding tert-OH is 2. The zero-order valence-electron chi connectivity index (χ0n) is 11.9. The van der Waals surface area contributed by atoms with Crippen LogP contribution >= 0.6 is 0 Å². The van der Waals surface area contributed by atoms with Crippen LogP contribution in [0.25, 0.3) is 0 Å². The van der Waals surface area contributed by atoms with Gasteiger partial charge >= 0.3 is 0 Å². The number of aryl methyl sites for hydroxylation is 1. The third-order valence-electron chi connectivity index (χ3n) is 2.81. The van der Waals surface area contributed by atoms with Crippen LogP contribution in [0.15, 0.2) is 36.0 Å². The SMILES string of the molecule is Cc1ccc(N/C=C(/C#N)C(=O)N(CCO)CCO)cc1. The number of hydrogen-bond donors (Lipinski definition) is 3. The number of hydrogen-bond acceptors (Lipinski definition) is 5. The molecule has 21 heavy (non-hydrogen) atoms. The van der Waals surface area contributed by atoms with E-state index >= 15 is 0 Å². The minimum atomic E-state index is -0.528. The highest BCUT2D eigenvalue weighted by molar-refractivity contribution is 5.97. The summed E-state index contributed by atoms with van der Waals surface area (Å²) in [6, 6.07) is 9.32. The normalized spacial score (nSPS) is 10.9. The van der Waals surface area contributed by atoms with E-state index in [1.807, 2.05) is 37.3 Å². The molecule has 6 heteroatoms. The van der Waals surface area contributed by atoms with Crippen molar-refractivity contribution >= 4 is 11.6 Å². The van der Waals surface area contributed by atoms with Gasteiger partial charge in [0.05, 0.1) is 13.2 Å². The Hall–Kier alpha value is -2.36. The van der Waals surface area contributed by atoms with Gasteiger partial charge < -0.3 is 20.4 Å². The molecule has 112 valence electrons. The molecule has 1 aromatic rings. The van der Waals surface area contributed by atoms with E-state index in [4.69, 9.17) is 15.5 Å². The number of benzene rings is 1. The van der Waals surface area contributed by atoms with Crippen molar-refractivity contribution in [1.82, 2.24) is 4.90 Å². The number of nitriles is 1. The van der Waals surface area contributed by atoms with Crippen LogP contribution in [0.5, 0.6) is 0 Å². The molecule has 1 amide bonds. The van der Waals surface area contributed by atoms with Gasteiger partial charge in [-0.15, -0.1) is 0 Å². The fourth-order valence-electron chi connectivity index (χ4n) is 1.67. The molecule has 0 aliphatic heterocycles. The lowest BCUT2D eigenvalue weighted by molar-refractivity contribution is -0.127. The molecule has 0 heterocycles. The molecule has 0 aliphatic carbocycles. The minimum Gasteiger partial charge on any atom is -0.395 e. The van der Waals surface area contributed by atoms with Gasteiger partial charge in [-0.25, -0.2) is 0 Å². The van der Waals surface area contributed by atoms with Crippen LogP contribution in [-0.2, 0) is 4.79 Å². The summed E-state index contributed by atoms with van der Waals surface area (Å²) < 4.78 is 0. The molecule has 0 saturated carbocycles. The first-order chi connectivity index (χ1) is 10.1. The van der Waals surface area contributed by atoms with Gasteiger partial charge in [0, 0.05) is 25.0 Å². The molecule has 0 aliphatic rings. The molecule has 0 radical (unpaired) electrons. The first-order valence-electron chi connectivity index (χ1n) is 6.56. The minimum absolute atomic E-state index is 0.0724. The molecular formula is C15H19N3O3. The van der Waals surface area contributed by atoms with Gasteiger partial charge in [0.25, 0.3) is 5.91 Å². The molecule has 0 bridgehead atoms. The molecule has 1 rings (SSSR count). The Bertz CT molecular complexity index is 526. The third-order valence-corrected chi connectivity index (χ3v) is 2.81. The number of aliphatic hydroxyl groups is 2. The molecule has 3 N–H and O–H groups in total. The summed E-state index contributed by atoms with van der Waals surface area (Å²) >= 11 is 0. The van der Waals surface area contributed by atoms with E-state index in [1.165, 1.54) is 11.1 Å². The summed E-state index contributed by atoms with van der Waals surface area (Å²) in [5.41, 5.74) is 1.78. The fourth-order valence-corrected chi connectivity index (χ4v) is 1.67. The quantitative estimate of drug-likeness (QED) is 0.505. The standard InChI is InChI=1S/C15H19N3O3/c1-12-2-4-14(5-3-12)17-11-13(10-16)15(21)18(6-8-19)7-9-20/h2-5,11,17,19-20H,6-9H2,1H3/b13-11-. The average molecular weight is 289 g/mol. The van der Waals surface area contributed by atoms with Crippen molar-refractivity contribution in [2.75, 3.05) is 31.6 Å². The van der Waals surface area contributed by atoms with Gasteiger partial charge in [-0.05, 0) is 19.1 Å². The highest BCUT2D eigenvalue weighted by Gasteiger charge is 2.17. The third kappa shape index (κ3) is 5.26. The van der Waals surface area contributed by atoms with E-state index in [9.17, 15) is 4.79 Å². The van der Waals surface area contributed by atoms with Gasteiger partial charge in [-0.2, -0.15) is 5.26 Å². The topological polar surface area (TPSA) is 96.6 Å². The highest BCUT2D eigenvalue weighted by Crippen LogP contribution is 2.10. The second-order valence-electron chi connectivity index (χ2n) is 4.42. The van der Waals surface area contributed by atoms with Crippen LogP contribution < -0.4 is 5.32 Å². The number of anilines is 1. The summed E-state index contributed by atoms with van der Waals surface area (Å²) in [6.45, 7) is 1.66. The summed E-state index contributed by atoms with van der Waals surface area (Å²) in [5, 5.41) is 29.8. The van der Waals surface area contributed by atoms with Crippen LogP contribution in [-0.4, -0.2) is 47.3 Å². The summed E-state index contributed by atoms with van der Waals surface area (Å²) in [4.78, 5) is 13.3. The maximum absolute atomic E-state index is 12.1. The van der Waals surface area contributed by atoms with Gasteiger partial charge in [0.1, 0.15) is 11.6 Å². The number of nitrogens with zero attached hydrogens (tertiary/aromatic N) is 2. The predicted molar refractivity (Wildman–Crippen MR) is 79.2 cm³/mol. The van der Waals surface area contributed by atoms with E-state index in [0.29, 0.717) is 0 Å². The number of rotatable bonds is 7. The molecule has 0 unspecified atom stereocenters. The van der Waals surface area contributed by atoms with Crippen molar-refractivity contribution < 1.29 is 15.0 Å². The number of carbonyl (C=O) groups excluding carboxylic acids is 1. The monoisotopic (exact) mass is 289 g/mol. The molecule has 6 nitrogen and oxygen atoms in total. The zero-order chi connectivity index (χ0) is 15.7. The van der Waals surface area contributed by atoms with Gasteiger partial charge in [-0.1, -0.05) is 17.7 Å². The average Bonchev–Trinajstić information content (AvgIpc) is 2.49. The Morgan fingerprint density at radius 3 is 2.33 bits per heavy atom. The Labute approximate surface area is 123 Å². The second kappa shape index (κ2) is 8.74. The van der Waals surface area contributed by atoms with Crippen molar-refractivity contribution in [1.29, 1.82) is 5.26 Å². The smallest absolute Gasteiger partial charge is 0.266 e. The zero-order valence-corrected chi connectivity index (χ0v) is 11.9. The number of nitrogens with one attached hydrogen (secondary N) is 1. The van der Waals surface area contributed by atoms with Gasteiger partial charge in [0.2, 0.25) is 0 Å². The lowest BCUT2D eigenvalue weighted by atomic mass is 10.2. The highest BCUT2D eigenvalue weighted by atomic mass is 16.3. The number of carbonyl (C=O) groups is 1. The summed E-state index contributed by atoms with van der Waals surface area (Å²) in [5.74, 6) is -0.528. The molecule has 1 aromatic carbocycles. The van der Waals surface area contributed by atoms with E-state index in [0.717, 1.165) is 11.3 Å². The first kappa shape index (κ1) is 16.7. The van der Waals surface area contributed by atoms with Crippen molar-refractivity contribution in [3.8, 4) is 6.07 Å². The predicted octanol–water partition coefficient (Wildman–Crippen LogP) is 0.628. The Morgan fingerprint density at radius 2 is 1.86 bits per heavy atom. The lowest BCUT2D eigenvalue weighted by Gasteiger charge is -2.20. The van der Waals surface area contributed by atoms with Crippen LogP contribution in [0.1, 0.15) is 5.56 Å². The van der Waals surface area contributed by atoms with E-state index in [1.54, 1.807) is 0 Å². The molecule has 0 spiro atoms. The maximum atomic E-state index is 12.1. The van der Waals surface area contributed by atoms with Crippen LogP contribution in [0.3, 0.4) is 0 Å². The maximum Gasteiger partial charge on any atom is 0.266 e. The first-order valence-corrected chi connectivity index (χ1v) is 6.56. The Balaban J connectivity index is 2.80. The van der Waals surface area contributed by atoms with Crippen molar-refractivity contribution in [3.05, 3.63) is 41.6 Å². The molecule has 0 atom stereocenters. The largest absolute Gasteiger partial charge is 0.395 e. The van der Waals surface area contributed by atoms with E-state index in [2.05, 4.69) is 5.32 Å². The Kier molecular flexibility index (Phi) is 6.95. The Morgan fingerprint density at radius 1 is 1.29 bits per heavy atom. The van der Waals surface area contributed by atoms with Crippen molar-refractivity contribution in [2.45, 2.75) is 6.92 Å². The van der Waals surface area contributed by atoms with Gasteiger partial charge in [-0.3, -0.25) is 4.79 Å². The van der Waals surface area contributed by atoms with Crippen molar-refractivity contribution in [2.24, 2.45) is 0 Å². The number of amides is 1. The van der Waals surface area contributed by atoms with E-state index < -0.39 is 5.91 Å². The van der Waals surface area contributed by atoms with E-state index in [-0.39, 0.29) is 31.9 Å². The summed E-state index contributed by atoms with van der Waals surface area (Å²) in [6.07, 6.45) is 1.33. The van der Waals surface area contributed by atoms with Crippen LogP contribution in [0.2, 0.25) is 0 Å². The van der Waals surface area contributed by atoms with Crippen LogP contribution in [0, 0.1) is 18.3 Å². The molecule has 0 saturated heterocycles. The lowest BCUT2D eigenvalue weighted by Crippen LogP contribution is -2.36. The summed E-state index contributed by atoms with van der Waals surface area (Å²) in [7, 11) is 0. The van der Waals surface area contributed by atoms with Gasteiger partial charge in [0.15, 0.2) is 0 Å². The van der Waals surface area contributed by atoms with Crippen LogP contribution in [0.4, 0.5) is 5.69 Å². The van der Waals surface area contributed by atoms with Crippen molar-refractivity contribution in [3.63, 3.8) is 0 Å². The molecular weight excluding hydrogens is 270 g/mol. The second-order valence-corrected chi connectivity index (χ2v) is 4.42.